The fourth-order valence-electron chi connectivity index (χ4n) is 2.30. The predicted molar refractivity (Wildman–Crippen MR) is 77.8 cm³/mol. The Hall–Kier alpha value is -1.14. The van der Waals surface area contributed by atoms with E-state index >= 15 is 0 Å². The van der Waals surface area contributed by atoms with Gasteiger partial charge < -0.3 is 14.6 Å². The van der Waals surface area contributed by atoms with E-state index in [0.717, 1.165) is 0 Å². The second-order valence-corrected chi connectivity index (χ2v) is 6.84. The van der Waals surface area contributed by atoms with Crippen LogP contribution in [0.4, 0.5) is 4.79 Å². The summed E-state index contributed by atoms with van der Waals surface area (Å²) in [5.41, 5.74) is -1.51. The van der Waals surface area contributed by atoms with Crippen molar-refractivity contribution in [2.24, 2.45) is 0 Å². The zero-order valence-electron chi connectivity index (χ0n) is 13.8. The minimum Gasteiger partial charge on any atom is -0.444 e. The minimum atomic E-state index is -0.952. The molecule has 0 unspecified atom stereocenters. The summed E-state index contributed by atoms with van der Waals surface area (Å²) in [7, 11) is 0. The summed E-state index contributed by atoms with van der Waals surface area (Å²) in [4.78, 5) is 25.3. The third-order valence-electron chi connectivity index (χ3n) is 3.38. The van der Waals surface area contributed by atoms with Crippen LogP contribution in [-0.2, 0) is 14.3 Å². The van der Waals surface area contributed by atoms with Gasteiger partial charge in [-0.05, 0) is 34.6 Å². The van der Waals surface area contributed by atoms with Crippen molar-refractivity contribution in [1.29, 1.82) is 0 Å². The fraction of sp³-hybridized carbons (Fsp3) is 0.867. The van der Waals surface area contributed by atoms with Crippen LogP contribution in [0.15, 0.2) is 0 Å². The zero-order valence-corrected chi connectivity index (χ0v) is 13.8. The number of hydrogen-bond acceptors (Lipinski definition) is 5. The molecule has 0 aliphatic carbocycles. The van der Waals surface area contributed by atoms with E-state index in [1.165, 1.54) is 4.90 Å². The molecule has 0 bridgehead atoms. The molecule has 122 valence electrons. The molecule has 0 spiro atoms. The first-order valence-electron chi connectivity index (χ1n) is 7.34. The van der Waals surface area contributed by atoms with E-state index < -0.39 is 29.6 Å². The van der Waals surface area contributed by atoms with Gasteiger partial charge in [0.25, 0.3) is 0 Å². The Labute approximate surface area is 126 Å². The molecule has 1 aliphatic rings. The summed E-state index contributed by atoms with van der Waals surface area (Å²) in [6.45, 7) is 10.7. The summed E-state index contributed by atoms with van der Waals surface area (Å²) in [6.07, 6.45) is -1.12. The van der Waals surface area contributed by atoms with Crippen LogP contribution in [0, 0.1) is 0 Å². The predicted octanol–water partition coefficient (Wildman–Crippen LogP) is 2.09. The minimum absolute atomic E-state index is 0.0138. The molecule has 0 saturated carbocycles. The monoisotopic (exact) mass is 301 g/mol. The molecule has 1 amide bonds. The van der Waals surface area contributed by atoms with Crippen LogP contribution in [0.25, 0.3) is 0 Å². The Balaban J connectivity index is 2.88. The molecule has 21 heavy (non-hydrogen) atoms. The van der Waals surface area contributed by atoms with Gasteiger partial charge in [0.15, 0.2) is 0 Å². The molecule has 0 radical (unpaired) electrons. The first-order valence-corrected chi connectivity index (χ1v) is 7.34. The second kappa shape index (κ2) is 6.32. The highest BCUT2D eigenvalue weighted by Gasteiger charge is 2.48. The van der Waals surface area contributed by atoms with E-state index in [1.807, 2.05) is 0 Å². The highest BCUT2D eigenvalue weighted by molar-refractivity contribution is 5.78. The summed E-state index contributed by atoms with van der Waals surface area (Å²) in [6, 6.07) is -0.578. The molecule has 6 nitrogen and oxygen atoms in total. The molecule has 0 aromatic carbocycles. The first kappa shape index (κ1) is 17.9. The number of carbonyl (C=O) groups excluding carboxylic acids is 2. The summed E-state index contributed by atoms with van der Waals surface area (Å²) in [5.74, 6) is -0.0451. The van der Waals surface area contributed by atoms with Crippen LogP contribution in [0.3, 0.4) is 0 Å². The van der Waals surface area contributed by atoms with Gasteiger partial charge in [-0.25, -0.2) is 4.79 Å². The van der Waals surface area contributed by atoms with E-state index in [1.54, 1.807) is 41.5 Å². The molecule has 1 aliphatic heterocycles. The summed E-state index contributed by atoms with van der Waals surface area (Å²) < 4.78 is 11.0. The van der Waals surface area contributed by atoms with Gasteiger partial charge in [-0.2, -0.15) is 0 Å². The molecule has 1 heterocycles. The standard InChI is InChI=1S/C15H27NO5/c1-7-10(17)8-12(18)11-9-20-15(5,6)16(11)13(19)21-14(2,3)4/h11-12,18H,7-9H2,1-6H3/t11-,12+/m1/s1. The van der Waals surface area contributed by atoms with Crippen LogP contribution < -0.4 is 0 Å². The van der Waals surface area contributed by atoms with Crippen LogP contribution in [0.5, 0.6) is 0 Å². The van der Waals surface area contributed by atoms with Crippen molar-refractivity contribution in [2.75, 3.05) is 6.61 Å². The van der Waals surface area contributed by atoms with Crippen molar-refractivity contribution in [2.45, 2.75) is 77.9 Å². The first-order chi connectivity index (χ1) is 9.48. The number of amides is 1. The maximum absolute atomic E-state index is 12.4. The molecule has 2 atom stereocenters. The number of ether oxygens (including phenoxy) is 2. The number of carbonyl (C=O) groups is 2. The third kappa shape index (κ3) is 4.68. The molecule has 1 fully saturated rings. The van der Waals surface area contributed by atoms with E-state index in [9.17, 15) is 14.7 Å². The Morgan fingerprint density at radius 3 is 2.48 bits per heavy atom. The van der Waals surface area contributed by atoms with Crippen LogP contribution in [0.1, 0.15) is 54.4 Å². The number of aliphatic hydroxyl groups excluding tert-OH is 1. The van der Waals surface area contributed by atoms with E-state index in [2.05, 4.69) is 0 Å². The van der Waals surface area contributed by atoms with Crippen molar-refractivity contribution < 1.29 is 24.2 Å². The maximum Gasteiger partial charge on any atom is 0.412 e. The van der Waals surface area contributed by atoms with E-state index in [0.29, 0.717) is 6.42 Å². The average molecular weight is 301 g/mol. The van der Waals surface area contributed by atoms with Gasteiger partial charge >= 0.3 is 6.09 Å². The summed E-state index contributed by atoms with van der Waals surface area (Å²) in [5, 5.41) is 10.3. The lowest BCUT2D eigenvalue weighted by molar-refractivity contribution is -0.121. The highest BCUT2D eigenvalue weighted by Crippen LogP contribution is 2.31. The molecule has 0 aromatic heterocycles. The van der Waals surface area contributed by atoms with Gasteiger partial charge in [-0.3, -0.25) is 9.69 Å². The van der Waals surface area contributed by atoms with Gasteiger partial charge in [-0.15, -0.1) is 0 Å². The Bertz CT molecular complexity index is 399. The van der Waals surface area contributed by atoms with Gasteiger partial charge in [0.1, 0.15) is 17.1 Å². The molecule has 6 heteroatoms. The van der Waals surface area contributed by atoms with Crippen molar-refractivity contribution >= 4 is 11.9 Å². The molecule has 0 aromatic rings. The Kier molecular flexibility index (Phi) is 5.39. The van der Waals surface area contributed by atoms with Gasteiger partial charge in [0, 0.05) is 12.8 Å². The molecular weight excluding hydrogens is 274 g/mol. The molecule has 1 rings (SSSR count). The van der Waals surface area contributed by atoms with E-state index in [4.69, 9.17) is 9.47 Å². The number of ketones is 1. The Morgan fingerprint density at radius 1 is 1.43 bits per heavy atom. The lowest BCUT2D eigenvalue weighted by atomic mass is 10.0. The van der Waals surface area contributed by atoms with Gasteiger partial charge in [0.2, 0.25) is 0 Å². The highest BCUT2D eigenvalue weighted by atomic mass is 16.6. The number of nitrogens with zero attached hydrogens (tertiary/aromatic N) is 1. The molecule has 1 saturated heterocycles. The average Bonchev–Trinajstić information content (AvgIpc) is 2.62. The van der Waals surface area contributed by atoms with Crippen molar-refractivity contribution in [3.05, 3.63) is 0 Å². The number of aliphatic hydroxyl groups is 1. The fourth-order valence-corrected chi connectivity index (χ4v) is 2.30. The second-order valence-electron chi connectivity index (χ2n) is 6.84. The quantitative estimate of drug-likeness (QED) is 0.860. The van der Waals surface area contributed by atoms with Crippen molar-refractivity contribution in [3.63, 3.8) is 0 Å². The van der Waals surface area contributed by atoms with Gasteiger partial charge in [-0.1, -0.05) is 6.92 Å². The largest absolute Gasteiger partial charge is 0.444 e. The van der Waals surface area contributed by atoms with Crippen LogP contribution >= 0.6 is 0 Å². The third-order valence-corrected chi connectivity index (χ3v) is 3.38. The number of rotatable bonds is 4. The maximum atomic E-state index is 12.4. The number of hydrogen-bond donors (Lipinski definition) is 1. The van der Waals surface area contributed by atoms with Crippen LogP contribution in [0.2, 0.25) is 0 Å². The van der Waals surface area contributed by atoms with Crippen LogP contribution in [-0.4, -0.2) is 52.0 Å². The van der Waals surface area contributed by atoms with Crippen molar-refractivity contribution in [1.82, 2.24) is 4.90 Å². The van der Waals surface area contributed by atoms with Gasteiger partial charge in [0.05, 0.1) is 18.8 Å². The van der Waals surface area contributed by atoms with E-state index in [-0.39, 0.29) is 18.8 Å². The SMILES string of the molecule is CCC(=O)C[C@H](O)[C@H]1COC(C)(C)N1C(=O)OC(C)(C)C. The molecular formula is C15H27NO5. The zero-order chi connectivity index (χ0) is 16.4. The lowest BCUT2D eigenvalue weighted by Gasteiger charge is -2.36. The van der Waals surface area contributed by atoms with Crippen molar-refractivity contribution in [3.8, 4) is 0 Å². The summed E-state index contributed by atoms with van der Waals surface area (Å²) >= 11 is 0. The molecule has 1 N–H and O–H groups in total. The topological polar surface area (TPSA) is 76.1 Å². The lowest BCUT2D eigenvalue weighted by Crippen LogP contribution is -2.53. The Morgan fingerprint density at radius 2 is 2.00 bits per heavy atom. The normalized spacial score (nSPS) is 23.0. The smallest absolute Gasteiger partial charge is 0.412 e. The number of Topliss-reactive ketones (excluding diaryl/α,β-unsaturated/α-hetero) is 1.